The molecule has 0 aliphatic heterocycles. The van der Waals surface area contributed by atoms with Gasteiger partial charge < -0.3 is 4.90 Å². The van der Waals surface area contributed by atoms with Gasteiger partial charge in [-0.25, -0.2) is 4.39 Å². The first-order valence-electron chi connectivity index (χ1n) is 5.07. The smallest absolute Gasteiger partial charge is 0.256 e. The lowest BCUT2D eigenvalue weighted by molar-refractivity contribution is 0.0753. The SMILES string of the molecule is Cc1cccc(C(=O)N(C)C(C)CBr)c1F. The number of alkyl halides is 1. The van der Waals surface area contributed by atoms with E-state index in [-0.39, 0.29) is 17.5 Å². The van der Waals surface area contributed by atoms with Gasteiger partial charge in [-0.2, -0.15) is 0 Å². The number of rotatable bonds is 3. The van der Waals surface area contributed by atoms with Crippen LogP contribution in [-0.4, -0.2) is 29.2 Å². The summed E-state index contributed by atoms with van der Waals surface area (Å²) in [6.07, 6.45) is 0. The number of carbonyl (C=O) groups is 1. The first kappa shape index (κ1) is 13.2. The van der Waals surface area contributed by atoms with E-state index < -0.39 is 5.82 Å². The quantitative estimate of drug-likeness (QED) is 0.783. The van der Waals surface area contributed by atoms with Crippen LogP contribution >= 0.6 is 15.9 Å². The van der Waals surface area contributed by atoms with Gasteiger partial charge in [-0.1, -0.05) is 28.1 Å². The zero-order valence-electron chi connectivity index (χ0n) is 9.63. The maximum atomic E-state index is 13.7. The second-order valence-electron chi connectivity index (χ2n) is 3.86. The van der Waals surface area contributed by atoms with Gasteiger partial charge >= 0.3 is 0 Å². The fourth-order valence-electron chi connectivity index (χ4n) is 1.31. The van der Waals surface area contributed by atoms with Gasteiger partial charge in [0.05, 0.1) is 5.56 Å². The van der Waals surface area contributed by atoms with Gasteiger partial charge in [0.25, 0.3) is 5.91 Å². The fraction of sp³-hybridized carbons (Fsp3) is 0.417. The Labute approximate surface area is 104 Å². The number of carbonyl (C=O) groups excluding carboxylic acids is 1. The number of hydrogen-bond donors (Lipinski definition) is 0. The highest BCUT2D eigenvalue weighted by Gasteiger charge is 2.20. The third-order valence-electron chi connectivity index (χ3n) is 2.63. The van der Waals surface area contributed by atoms with Crippen LogP contribution in [0, 0.1) is 12.7 Å². The molecule has 0 aliphatic carbocycles. The van der Waals surface area contributed by atoms with Gasteiger partial charge in [-0.15, -0.1) is 0 Å². The summed E-state index contributed by atoms with van der Waals surface area (Å²) in [6, 6.07) is 4.90. The maximum absolute atomic E-state index is 13.7. The second kappa shape index (κ2) is 5.43. The van der Waals surface area contributed by atoms with Gasteiger partial charge in [-0.05, 0) is 25.5 Å². The van der Waals surface area contributed by atoms with Crippen LogP contribution in [0.1, 0.15) is 22.8 Å². The molecule has 0 N–H and O–H groups in total. The Morgan fingerprint density at radius 3 is 2.75 bits per heavy atom. The summed E-state index contributed by atoms with van der Waals surface area (Å²) >= 11 is 3.30. The van der Waals surface area contributed by atoms with Crippen molar-refractivity contribution in [2.75, 3.05) is 12.4 Å². The van der Waals surface area contributed by atoms with Crippen molar-refractivity contribution in [3.63, 3.8) is 0 Å². The number of aryl methyl sites for hydroxylation is 1. The predicted octanol–water partition coefficient (Wildman–Crippen LogP) is 2.99. The van der Waals surface area contributed by atoms with Crippen LogP contribution in [0.15, 0.2) is 18.2 Å². The van der Waals surface area contributed by atoms with E-state index in [1.807, 2.05) is 6.92 Å². The molecule has 16 heavy (non-hydrogen) atoms. The Morgan fingerprint density at radius 1 is 1.56 bits per heavy atom. The van der Waals surface area contributed by atoms with Crippen LogP contribution in [0.4, 0.5) is 4.39 Å². The highest BCUT2D eigenvalue weighted by molar-refractivity contribution is 9.09. The molecule has 0 aromatic heterocycles. The number of amides is 1. The highest BCUT2D eigenvalue weighted by Crippen LogP contribution is 2.15. The Bertz CT molecular complexity index is 395. The molecule has 1 amide bonds. The summed E-state index contributed by atoms with van der Waals surface area (Å²) in [6.45, 7) is 3.56. The predicted molar refractivity (Wildman–Crippen MR) is 66.5 cm³/mol. The van der Waals surface area contributed by atoms with Crippen molar-refractivity contribution in [2.24, 2.45) is 0 Å². The number of benzene rings is 1. The van der Waals surface area contributed by atoms with E-state index in [0.717, 1.165) is 0 Å². The Balaban J connectivity index is 3.01. The Morgan fingerprint density at radius 2 is 2.19 bits per heavy atom. The van der Waals surface area contributed by atoms with E-state index >= 15 is 0 Å². The molecule has 1 rings (SSSR count). The minimum atomic E-state index is -0.430. The lowest BCUT2D eigenvalue weighted by Gasteiger charge is -2.23. The fourth-order valence-corrected chi connectivity index (χ4v) is 1.74. The lowest BCUT2D eigenvalue weighted by Crippen LogP contribution is -2.36. The molecule has 1 atom stereocenters. The molecule has 0 fully saturated rings. The van der Waals surface area contributed by atoms with E-state index in [9.17, 15) is 9.18 Å². The zero-order chi connectivity index (χ0) is 12.3. The molecule has 0 saturated heterocycles. The van der Waals surface area contributed by atoms with Gasteiger partial charge in [-0.3, -0.25) is 4.79 Å². The van der Waals surface area contributed by atoms with E-state index in [2.05, 4.69) is 15.9 Å². The van der Waals surface area contributed by atoms with Crippen LogP contribution in [0.2, 0.25) is 0 Å². The summed E-state index contributed by atoms with van der Waals surface area (Å²) in [4.78, 5) is 13.5. The average Bonchev–Trinajstić information content (AvgIpc) is 2.29. The van der Waals surface area contributed by atoms with Crippen LogP contribution in [0.3, 0.4) is 0 Å². The molecule has 0 heterocycles. The molecule has 0 radical (unpaired) electrons. The van der Waals surface area contributed by atoms with E-state index in [1.165, 1.54) is 11.0 Å². The van der Waals surface area contributed by atoms with Gasteiger partial charge in [0.2, 0.25) is 0 Å². The van der Waals surface area contributed by atoms with Gasteiger partial charge in [0, 0.05) is 18.4 Å². The minimum absolute atomic E-state index is 0.0346. The normalized spacial score (nSPS) is 12.3. The van der Waals surface area contributed by atoms with E-state index in [0.29, 0.717) is 10.9 Å². The maximum Gasteiger partial charge on any atom is 0.256 e. The first-order chi connectivity index (χ1) is 7.49. The standard InChI is InChI=1S/C12H15BrFNO/c1-8-5-4-6-10(11(8)14)12(16)15(3)9(2)7-13/h4-6,9H,7H2,1-3H3. The molecule has 4 heteroatoms. The average molecular weight is 288 g/mol. The van der Waals surface area contributed by atoms with Crippen molar-refractivity contribution in [2.45, 2.75) is 19.9 Å². The Hall–Kier alpha value is -0.900. The molecular formula is C12H15BrFNO. The van der Waals surface area contributed by atoms with Crippen LogP contribution < -0.4 is 0 Å². The summed E-state index contributed by atoms with van der Waals surface area (Å²) in [5, 5.41) is 0.669. The van der Waals surface area contributed by atoms with Gasteiger partial charge in [0.15, 0.2) is 0 Å². The first-order valence-corrected chi connectivity index (χ1v) is 6.19. The summed E-state index contributed by atoms with van der Waals surface area (Å²) in [5.41, 5.74) is 0.626. The molecule has 0 bridgehead atoms. The van der Waals surface area contributed by atoms with Crippen LogP contribution in [-0.2, 0) is 0 Å². The van der Waals surface area contributed by atoms with Crippen molar-refractivity contribution in [3.8, 4) is 0 Å². The zero-order valence-corrected chi connectivity index (χ0v) is 11.2. The van der Waals surface area contributed by atoms with Crippen molar-refractivity contribution in [1.29, 1.82) is 0 Å². The van der Waals surface area contributed by atoms with Crippen LogP contribution in [0.25, 0.3) is 0 Å². The molecular weight excluding hydrogens is 273 g/mol. The molecule has 88 valence electrons. The number of halogens is 2. The lowest BCUT2D eigenvalue weighted by atomic mass is 10.1. The molecule has 0 spiro atoms. The summed E-state index contributed by atoms with van der Waals surface area (Å²) < 4.78 is 13.7. The topological polar surface area (TPSA) is 20.3 Å². The number of hydrogen-bond acceptors (Lipinski definition) is 1. The van der Waals surface area contributed by atoms with E-state index in [1.54, 1.807) is 26.1 Å². The highest BCUT2D eigenvalue weighted by atomic mass is 79.9. The largest absolute Gasteiger partial charge is 0.338 e. The van der Waals surface area contributed by atoms with Gasteiger partial charge in [0.1, 0.15) is 5.82 Å². The summed E-state index contributed by atoms with van der Waals surface area (Å²) in [7, 11) is 1.68. The molecule has 0 aliphatic rings. The van der Waals surface area contributed by atoms with Crippen molar-refractivity contribution in [3.05, 3.63) is 35.1 Å². The van der Waals surface area contributed by atoms with Crippen molar-refractivity contribution >= 4 is 21.8 Å². The molecule has 1 unspecified atom stereocenters. The molecule has 0 saturated carbocycles. The Kier molecular flexibility index (Phi) is 4.47. The second-order valence-corrected chi connectivity index (χ2v) is 4.50. The minimum Gasteiger partial charge on any atom is -0.338 e. The molecule has 1 aromatic rings. The third kappa shape index (κ3) is 2.61. The van der Waals surface area contributed by atoms with Crippen molar-refractivity contribution < 1.29 is 9.18 Å². The molecule has 1 aromatic carbocycles. The van der Waals surface area contributed by atoms with Crippen molar-refractivity contribution in [1.82, 2.24) is 4.90 Å². The molecule has 2 nitrogen and oxygen atoms in total. The summed E-state index contributed by atoms with van der Waals surface area (Å²) in [5.74, 6) is -0.714. The monoisotopic (exact) mass is 287 g/mol. The number of nitrogens with zero attached hydrogens (tertiary/aromatic N) is 1. The third-order valence-corrected chi connectivity index (χ3v) is 3.56. The van der Waals surface area contributed by atoms with Crippen LogP contribution in [0.5, 0.6) is 0 Å². The van der Waals surface area contributed by atoms with E-state index in [4.69, 9.17) is 0 Å².